The zero-order valence-electron chi connectivity index (χ0n) is 12.4. The molecule has 7 heteroatoms. The van der Waals surface area contributed by atoms with Gasteiger partial charge in [-0.1, -0.05) is 20.3 Å². The average molecular weight is 641 g/mol. The van der Waals surface area contributed by atoms with E-state index in [9.17, 15) is 14.7 Å². The van der Waals surface area contributed by atoms with Crippen molar-refractivity contribution in [2.24, 2.45) is 0 Å². The molecule has 0 heterocycles. The second-order valence-corrected chi connectivity index (χ2v) is 8.32. The number of nitrogens with one attached hydrogen (secondary N) is 1. The molecule has 1 atom stereocenters. The van der Waals surface area contributed by atoms with Crippen LogP contribution in [0.15, 0.2) is 6.07 Å². The van der Waals surface area contributed by atoms with E-state index in [4.69, 9.17) is 0 Å². The van der Waals surface area contributed by atoms with Gasteiger partial charge in [0.15, 0.2) is 0 Å². The molecule has 0 aliphatic heterocycles. The lowest BCUT2D eigenvalue weighted by Crippen LogP contribution is -2.18. The zero-order valence-corrected chi connectivity index (χ0v) is 18.9. The van der Waals surface area contributed by atoms with E-state index >= 15 is 0 Å². The van der Waals surface area contributed by atoms with E-state index in [1.807, 2.05) is 19.9 Å². The Balaban J connectivity index is 3.34. The van der Waals surface area contributed by atoms with Gasteiger partial charge in [0.05, 0.1) is 11.6 Å². The van der Waals surface area contributed by atoms with Gasteiger partial charge in [0.2, 0.25) is 5.91 Å². The van der Waals surface area contributed by atoms with E-state index in [-0.39, 0.29) is 5.91 Å². The predicted molar refractivity (Wildman–Crippen MR) is 113 cm³/mol. The maximum Gasteiger partial charge on any atom is 0.311 e. The van der Waals surface area contributed by atoms with Crippen LogP contribution in [0.3, 0.4) is 0 Å². The van der Waals surface area contributed by atoms with Gasteiger partial charge in [-0.05, 0) is 92.2 Å². The minimum absolute atomic E-state index is 0.0344. The van der Waals surface area contributed by atoms with Crippen LogP contribution in [0.1, 0.15) is 51.0 Å². The van der Waals surface area contributed by atoms with Crippen LogP contribution in [0, 0.1) is 10.7 Å². The van der Waals surface area contributed by atoms with Crippen LogP contribution in [-0.4, -0.2) is 17.0 Å². The molecule has 0 fully saturated rings. The Bertz CT molecular complexity index is 576. The fourth-order valence-corrected chi connectivity index (χ4v) is 6.54. The number of carboxylic acid groups (broad SMARTS) is 1. The summed E-state index contributed by atoms with van der Waals surface area (Å²) in [7, 11) is 0. The molecule has 0 radical (unpaired) electrons. The number of rotatable bonds is 7. The summed E-state index contributed by atoms with van der Waals surface area (Å²) < 4.78 is 2.69. The lowest BCUT2D eigenvalue weighted by molar-refractivity contribution is -0.139. The van der Waals surface area contributed by atoms with Crippen LogP contribution >= 0.6 is 67.8 Å². The molecule has 0 bridgehead atoms. The highest BCUT2D eigenvalue weighted by Crippen LogP contribution is 2.37. The Morgan fingerprint density at radius 1 is 1.18 bits per heavy atom. The van der Waals surface area contributed by atoms with Crippen molar-refractivity contribution in [3.05, 3.63) is 22.3 Å². The van der Waals surface area contributed by atoms with Crippen LogP contribution in [0.2, 0.25) is 0 Å². The van der Waals surface area contributed by atoms with Gasteiger partial charge < -0.3 is 10.4 Å². The Morgan fingerprint density at radius 3 is 2.32 bits per heavy atom. The first kappa shape index (κ1) is 20.4. The molecule has 1 aromatic carbocycles. The van der Waals surface area contributed by atoms with Crippen LogP contribution in [-0.2, 0) is 9.59 Å². The third-order valence-corrected chi connectivity index (χ3v) is 6.03. The summed E-state index contributed by atoms with van der Waals surface area (Å²) >= 11 is 6.52. The molecule has 1 unspecified atom stereocenters. The highest BCUT2D eigenvalue weighted by Gasteiger charge is 2.26. The van der Waals surface area contributed by atoms with E-state index in [2.05, 4.69) is 73.1 Å². The molecule has 22 heavy (non-hydrogen) atoms. The summed E-state index contributed by atoms with van der Waals surface area (Å²) in [5.41, 5.74) is 1.54. The largest absolute Gasteiger partial charge is 0.481 e. The number of halogens is 3. The van der Waals surface area contributed by atoms with Crippen LogP contribution < -0.4 is 5.32 Å². The van der Waals surface area contributed by atoms with Crippen molar-refractivity contribution in [2.45, 2.75) is 45.4 Å². The van der Waals surface area contributed by atoms with E-state index in [0.29, 0.717) is 12.8 Å². The molecular weight excluding hydrogens is 623 g/mol. The van der Waals surface area contributed by atoms with Crippen molar-refractivity contribution in [2.75, 3.05) is 5.32 Å². The van der Waals surface area contributed by atoms with Gasteiger partial charge >= 0.3 is 5.97 Å². The summed E-state index contributed by atoms with van der Waals surface area (Å²) in [6, 6.07) is 1.94. The third-order valence-electron chi connectivity index (χ3n) is 3.17. The second-order valence-electron chi connectivity index (χ2n) is 4.92. The number of hydrogen-bond acceptors (Lipinski definition) is 2. The monoisotopic (exact) mass is 641 g/mol. The first-order valence-electron chi connectivity index (χ1n) is 7.03. The zero-order chi connectivity index (χ0) is 16.9. The first-order valence-corrected chi connectivity index (χ1v) is 10.3. The molecule has 0 aliphatic rings. The van der Waals surface area contributed by atoms with Crippen molar-refractivity contribution in [3.63, 3.8) is 0 Å². The van der Waals surface area contributed by atoms with E-state index < -0.39 is 11.9 Å². The molecular formula is C15H18I3NO3. The lowest BCUT2D eigenvalue weighted by Gasteiger charge is -2.20. The molecule has 4 nitrogen and oxygen atoms in total. The SMILES string of the molecule is CCCC(=O)Nc1c(I)cc(I)c(C(CCC)C(=O)O)c1I. The summed E-state index contributed by atoms with van der Waals surface area (Å²) in [6.07, 6.45) is 2.63. The first-order chi connectivity index (χ1) is 10.3. The minimum atomic E-state index is -0.815. The van der Waals surface area contributed by atoms with Crippen LogP contribution in [0.4, 0.5) is 5.69 Å². The third kappa shape index (κ3) is 5.18. The highest BCUT2D eigenvalue weighted by molar-refractivity contribution is 14.1. The average Bonchev–Trinajstić information content (AvgIpc) is 2.42. The van der Waals surface area contributed by atoms with Crippen molar-refractivity contribution >= 4 is 85.3 Å². The number of carboxylic acids is 1. The van der Waals surface area contributed by atoms with Gasteiger partial charge in [-0.15, -0.1) is 0 Å². The minimum Gasteiger partial charge on any atom is -0.481 e. The number of anilines is 1. The van der Waals surface area contributed by atoms with Gasteiger partial charge in [0, 0.05) is 17.1 Å². The van der Waals surface area contributed by atoms with Gasteiger partial charge in [-0.3, -0.25) is 9.59 Å². The number of carbonyl (C=O) groups is 2. The van der Waals surface area contributed by atoms with Gasteiger partial charge in [-0.25, -0.2) is 0 Å². The Kier molecular flexibility index (Phi) is 8.90. The van der Waals surface area contributed by atoms with Crippen molar-refractivity contribution in [3.8, 4) is 0 Å². The maximum atomic E-state index is 11.9. The fourth-order valence-electron chi connectivity index (χ4n) is 2.15. The van der Waals surface area contributed by atoms with Crippen LogP contribution in [0.25, 0.3) is 0 Å². The topological polar surface area (TPSA) is 66.4 Å². The highest BCUT2D eigenvalue weighted by atomic mass is 127. The van der Waals surface area contributed by atoms with Crippen molar-refractivity contribution < 1.29 is 14.7 Å². The Hall–Kier alpha value is 0.350. The molecule has 122 valence electrons. The molecule has 1 rings (SSSR count). The predicted octanol–water partition coefficient (Wildman–Crippen LogP) is 5.21. The number of hydrogen-bond donors (Lipinski definition) is 2. The number of benzene rings is 1. The Labute approximate surface area is 171 Å². The van der Waals surface area contributed by atoms with Gasteiger partial charge in [-0.2, -0.15) is 0 Å². The molecule has 2 N–H and O–H groups in total. The number of aliphatic carboxylic acids is 1. The van der Waals surface area contributed by atoms with Gasteiger partial charge in [0.1, 0.15) is 0 Å². The quantitative estimate of drug-likeness (QED) is 0.403. The maximum absolute atomic E-state index is 11.9. The standard InChI is InChI=1S/C15H18I3NO3/c1-3-5-8(15(21)22)12-9(16)7-10(17)14(13(12)18)19-11(20)6-4-2/h7-8H,3-6H2,1-2H3,(H,19,20)(H,21,22). The fraction of sp³-hybridized carbons (Fsp3) is 0.467. The van der Waals surface area contributed by atoms with E-state index in [1.165, 1.54) is 0 Å². The van der Waals surface area contributed by atoms with Gasteiger partial charge in [0.25, 0.3) is 0 Å². The van der Waals surface area contributed by atoms with Crippen molar-refractivity contribution in [1.82, 2.24) is 0 Å². The molecule has 1 amide bonds. The Morgan fingerprint density at radius 2 is 1.82 bits per heavy atom. The normalized spacial score (nSPS) is 12.0. The summed E-state index contributed by atoms with van der Waals surface area (Å²) in [6.45, 7) is 3.93. The molecule has 0 spiro atoms. The molecule has 1 aromatic rings. The lowest BCUT2D eigenvalue weighted by atomic mass is 9.94. The summed E-state index contributed by atoms with van der Waals surface area (Å²) in [5.74, 6) is -1.39. The number of carbonyl (C=O) groups excluding carboxylic acids is 1. The van der Waals surface area contributed by atoms with Crippen molar-refractivity contribution in [1.29, 1.82) is 0 Å². The smallest absolute Gasteiger partial charge is 0.311 e. The van der Waals surface area contributed by atoms with E-state index in [1.54, 1.807) is 0 Å². The molecule has 0 aromatic heterocycles. The summed E-state index contributed by atoms with van der Waals surface area (Å²) in [4.78, 5) is 23.5. The van der Waals surface area contributed by atoms with E-state index in [0.717, 1.165) is 34.8 Å². The summed E-state index contributed by atoms with van der Waals surface area (Å²) in [5, 5.41) is 12.5. The molecule has 0 saturated heterocycles. The van der Waals surface area contributed by atoms with Crippen LogP contribution in [0.5, 0.6) is 0 Å². The molecule has 0 aliphatic carbocycles. The molecule has 0 saturated carbocycles. The second kappa shape index (κ2) is 9.60. The number of amides is 1.